The Labute approximate surface area is 236 Å². The van der Waals surface area contributed by atoms with E-state index in [4.69, 9.17) is 9.47 Å². The Bertz CT molecular complexity index is 1680. The van der Waals surface area contributed by atoms with E-state index in [0.717, 1.165) is 27.1 Å². The van der Waals surface area contributed by atoms with Crippen LogP contribution in [0.5, 0.6) is 11.5 Å². The molecule has 0 aliphatic heterocycles. The zero-order valence-electron chi connectivity index (χ0n) is 24.4. The normalized spacial score (nSPS) is 12.1. The molecule has 5 nitrogen and oxygen atoms in total. The number of hydrogen-bond donors (Lipinski definition) is 1. The molecule has 0 bridgehead atoms. The lowest BCUT2D eigenvalue weighted by atomic mass is 9.91. The SMILES string of the molecule is CC(C)(O)C#Cc1ccc2c(-c3c(OC(=O)C(C)(C)C)ccc4ccccc34)c(OC(=O)C(C)(C)C)ccc2c1. The van der Waals surface area contributed by atoms with Crippen molar-refractivity contribution in [2.75, 3.05) is 0 Å². The highest BCUT2D eigenvalue weighted by Gasteiger charge is 2.29. The number of carbonyl (C=O) groups excluding carboxylic acids is 2. The highest BCUT2D eigenvalue weighted by molar-refractivity contribution is 6.10. The number of ether oxygens (including phenoxy) is 2. The van der Waals surface area contributed by atoms with Crippen LogP contribution < -0.4 is 9.47 Å². The van der Waals surface area contributed by atoms with E-state index in [1.807, 2.05) is 54.6 Å². The van der Waals surface area contributed by atoms with Gasteiger partial charge in [0, 0.05) is 16.7 Å². The third-order valence-electron chi connectivity index (χ3n) is 6.27. The van der Waals surface area contributed by atoms with Crippen LogP contribution in [0.25, 0.3) is 32.7 Å². The topological polar surface area (TPSA) is 72.8 Å². The molecule has 5 heteroatoms. The predicted molar refractivity (Wildman–Crippen MR) is 160 cm³/mol. The summed E-state index contributed by atoms with van der Waals surface area (Å²) >= 11 is 0. The van der Waals surface area contributed by atoms with Crippen molar-refractivity contribution < 1.29 is 24.2 Å². The van der Waals surface area contributed by atoms with E-state index < -0.39 is 16.4 Å². The second-order valence-corrected chi connectivity index (χ2v) is 12.6. The summed E-state index contributed by atoms with van der Waals surface area (Å²) in [6, 6.07) is 20.9. The monoisotopic (exact) mass is 536 g/mol. The molecule has 0 heterocycles. The van der Waals surface area contributed by atoms with E-state index in [-0.39, 0.29) is 11.9 Å². The third-order valence-corrected chi connectivity index (χ3v) is 6.27. The van der Waals surface area contributed by atoms with E-state index in [1.165, 1.54) is 0 Å². The minimum Gasteiger partial charge on any atom is -0.425 e. The summed E-state index contributed by atoms with van der Waals surface area (Å²) in [5, 5.41) is 13.5. The Morgan fingerprint density at radius 1 is 0.650 bits per heavy atom. The predicted octanol–water partition coefficient (Wildman–Crippen LogP) is 7.69. The van der Waals surface area contributed by atoms with E-state index >= 15 is 0 Å². The van der Waals surface area contributed by atoms with Gasteiger partial charge in [-0.1, -0.05) is 54.3 Å². The quantitative estimate of drug-likeness (QED) is 0.165. The van der Waals surface area contributed by atoms with Gasteiger partial charge < -0.3 is 14.6 Å². The molecule has 4 aromatic carbocycles. The van der Waals surface area contributed by atoms with Crippen molar-refractivity contribution in [2.45, 2.75) is 61.0 Å². The fourth-order valence-corrected chi connectivity index (χ4v) is 4.06. The van der Waals surface area contributed by atoms with Gasteiger partial charge in [0.05, 0.1) is 10.8 Å². The summed E-state index contributed by atoms with van der Waals surface area (Å²) in [7, 11) is 0. The number of benzene rings is 4. The Morgan fingerprint density at radius 2 is 1.15 bits per heavy atom. The van der Waals surface area contributed by atoms with Crippen LogP contribution in [0.2, 0.25) is 0 Å². The molecule has 0 spiro atoms. The number of carbonyl (C=O) groups is 2. The number of rotatable bonds is 3. The maximum atomic E-state index is 13.1. The van der Waals surface area contributed by atoms with E-state index in [9.17, 15) is 14.7 Å². The molecule has 0 saturated heterocycles. The largest absolute Gasteiger partial charge is 0.425 e. The Kier molecular flexibility index (Phi) is 7.53. The van der Waals surface area contributed by atoms with Crippen LogP contribution in [0.4, 0.5) is 0 Å². The van der Waals surface area contributed by atoms with Gasteiger partial charge in [-0.2, -0.15) is 0 Å². The van der Waals surface area contributed by atoms with Crippen molar-refractivity contribution in [3.63, 3.8) is 0 Å². The van der Waals surface area contributed by atoms with Crippen molar-refractivity contribution in [1.29, 1.82) is 0 Å². The molecular formula is C35H36O5. The van der Waals surface area contributed by atoms with Gasteiger partial charge in [-0.15, -0.1) is 0 Å². The second kappa shape index (κ2) is 10.4. The first kappa shape index (κ1) is 28.9. The van der Waals surface area contributed by atoms with Gasteiger partial charge in [0.1, 0.15) is 17.1 Å². The number of aliphatic hydroxyl groups is 1. The van der Waals surface area contributed by atoms with Gasteiger partial charge in [0.15, 0.2) is 0 Å². The molecule has 0 atom stereocenters. The number of esters is 2. The molecule has 0 aliphatic rings. The number of hydrogen-bond acceptors (Lipinski definition) is 5. The first-order valence-corrected chi connectivity index (χ1v) is 13.3. The molecular weight excluding hydrogens is 500 g/mol. The van der Waals surface area contributed by atoms with Crippen LogP contribution in [-0.2, 0) is 9.59 Å². The Hall–Kier alpha value is -4.14. The van der Waals surface area contributed by atoms with Crippen molar-refractivity contribution in [1.82, 2.24) is 0 Å². The van der Waals surface area contributed by atoms with Crippen molar-refractivity contribution in [2.24, 2.45) is 10.8 Å². The van der Waals surface area contributed by atoms with Gasteiger partial charge in [0.25, 0.3) is 0 Å². The smallest absolute Gasteiger partial charge is 0.316 e. The average molecular weight is 537 g/mol. The molecule has 0 unspecified atom stereocenters. The zero-order chi connectivity index (χ0) is 29.5. The molecule has 206 valence electrons. The lowest BCUT2D eigenvalue weighted by Gasteiger charge is -2.23. The molecule has 0 aromatic heterocycles. The maximum Gasteiger partial charge on any atom is 0.316 e. The fraction of sp³-hybridized carbons (Fsp3) is 0.314. The van der Waals surface area contributed by atoms with Gasteiger partial charge in [-0.3, -0.25) is 9.59 Å². The van der Waals surface area contributed by atoms with E-state index in [2.05, 4.69) is 11.8 Å². The molecule has 0 radical (unpaired) electrons. The Balaban J connectivity index is 2.07. The first-order valence-electron chi connectivity index (χ1n) is 13.3. The van der Waals surface area contributed by atoms with Gasteiger partial charge >= 0.3 is 11.9 Å². The summed E-state index contributed by atoms with van der Waals surface area (Å²) < 4.78 is 12.0. The molecule has 0 amide bonds. The maximum absolute atomic E-state index is 13.1. The van der Waals surface area contributed by atoms with Crippen LogP contribution in [0, 0.1) is 22.7 Å². The fourth-order valence-electron chi connectivity index (χ4n) is 4.06. The molecule has 40 heavy (non-hydrogen) atoms. The molecule has 4 aromatic rings. The molecule has 1 N–H and O–H groups in total. The van der Waals surface area contributed by atoms with Crippen LogP contribution in [0.3, 0.4) is 0 Å². The molecule has 0 fully saturated rings. The number of fused-ring (bicyclic) bond motifs is 2. The van der Waals surface area contributed by atoms with Crippen LogP contribution in [-0.4, -0.2) is 22.6 Å². The van der Waals surface area contributed by atoms with Crippen molar-refractivity contribution >= 4 is 33.5 Å². The highest BCUT2D eigenvalue weighted by Crippen LogP contribution is 2.46. The average Bonchev–Trinajstić information content (AvgIpc) is 2.86. The van der Waals surface area contributed by atoms with E-state index in [0.29, 0.717) is 22.6 Å². The summed E-state index contributed by atoms with van der Waals surface area (Å²) in [6.07, 6.45) is 0. The van der Waals surface area contributed by atoms with Crippen LogP contribution in [0.1, 0.15) is 61.0 Å². The summed E-state index contributed by atoms with van der Waals surface area (Å²) in [5.74, 6) is 5.88. The first-order chi connectivity index (χ1) is 18.5. The second-order valence-electron chi connectivity index (χ2n) is 12.6. The summed E-state index contributed by atoms with van der Waals surface area (Å²) in [5.41, 5.74) is -0.545. The van der Waals surface area contributed by atoms with Gasteiger partial charge in [-0.05, 0) is 101 Å². The molecule has 0 saturated carbocycles. The van der Waals surface area contributed by atoms with Crippen LogP contribution in [0.15, 0.2) is 66.7 Å². The molecule has 0 aliphatic carbocycles. The third kappa shape index (κ3) is 6.35. The summed E-state index contributed by atoms with van der Waals surface area (Å²) in [4.78, 5) is 26.2. The van der Waals surface area contributed by atoms with Crippen molar-refractivity contribution in [3.8, 4) is 34.5 Å². The standard InChI is InChI=1S/C35H36O5/c1-33(2,3)31(36)39-27-17-14-23-11-9-10-12-25(23)29(27)30-26-16-13-22(19-20-35(7,8)38)21-24(26)15-18-28(30)40-32(37)34(4,5)6/h9-18,21,38H,1-8H3. The van der Waals surface area contributed by atoms with E-state index in [1.54, 1.807) is 67.5 Å². The lowest BCUT2D eigenvalue weighted by molar-refractivity contribution is -0.143. The van der Waals surface area contributed by atoms with Crippen molar-refractivity contribution in [3.05, 3.63) is 72.3 Å². The minimum atomic E-state index is -1.13. The Morgan fingerprint density at radius 3 is 1.68 bits per heavy atom. The summed E-state index contributed by atoms with van der Waals surface area (Å²) in [6.45, 7) is 14.1. The highest BCUT2D eigenvalue weighted by atomic mass is 16.5. The molecule has 4 rings (SSSR count). The lowest BCUT2D eigenvalue weighted by Crippen LogP contribution is -2.26. The zero-order valence-corrected chi connectivity index (χ0v) is 24.4. The van der Waals surface area contributed by atoms with Crippen LogP contribution >= 0.6 is 0 Å². The minimum absolute atomic E-state index is 0.368. The van der Waals surface area contributed by atoms with Gasteiger partial charge in [-0.25, -0.2) is 0 Å². The van der Waals surface area contributed by atoms with Gasteiger partial charge in [0.2, 0.25) is 0 Å².